The number of rotatable bonds is 4. The number of carbonyl (C=O) groups excluding carboxylic acids is 1. The molecule has 3 rings (SSSR count). The molecule has 0 saturated carbocycles. The summed E-state index contributed by atoms with van der Waals surface area (Å²) in [6, 6.07) is 7.55. The Kier molecular flexibility index (Phi) is 7.23. The van der Waals surface area contributed by atoms with E-state index < -0.39 is 0 Å². The molecule has 1 saturated heterocycles. The van der Waals surface area contributed by atoms with Crippen LogP contribution in [0.2, 0.25) is 0 Å². The van der Waals surface area contributed by atoms with Crippen LogP contribution in [0, 0.1) is 11.3 Å². The molecule has 2 heterocycles. The summed E-state index contributed by atoms with van der Waals surface area (Å²) in [6.45, 7) is 9.89. The van der Waals surface area contributed by atoms with Crippen molar-refractivity contribution in [1.82, 2.24) is 15.0 Å². The fourth-order valence-corrected chi connectivity index (χ4v) is 3.57. The number of likely N-dealkylation sites (tertiary alicyclic amines) is 1. The number of amides is 1. The van der Waals surface area contributed by atoms with Gasteiger partial charge in [-0.25, -0.2) is 0 Å². The minimum atomic E-state index is 0. The van der Waals surface area contributed by atoms with Gasteiger partial charge >= 0.3 is 0 Å². The van der Waals surface area contributed by atoms with Crippen molar-refractivity contribution in [3.63, 3.8) is 0 Å². The summed E-state index contributed by atoms with van der Waals surface area (Å²) in [4.78, 5) is 19.3. The van der Waals surface area contributed by atoms with Gasteiger partial charge in [-0.3, -0.25) is 4.79 Å². The van der Waals surface area contributed by atoms with Crippen molar-refractivity contribution in [2.75, 3.05) is 13.1 Å². The molecule has 1 aliphatic rings. The first-order valence-corrected chi connectivity index (χ1v) is 9.71. The van der Waals surface area contributed by atoms with Crippen molar-refractivity contribution >= 4 is 18.3 Å². The third kappa shape index (κ3) is 5.32. The van der Waals surface area contributed by atoms with Gasteiger partial charge in [0.1, 0.15) is 0 Å². The van der Waals surface area contributed by atoms with E-state index in [0.29, 0.717) is 29.7 Å². The van der Waals surface area contributed by atoms with Crippen molar-refractivity contribution in [1.29, 1.82) is 0 Å². The molecular weight excluding hydrogens is 376 g/mol. The van der Waals surface area contributed by atoms with Gasteiger partial charge in [-0.05, 0) is 36.3 Å². The van der Waals surface area contributed by atoms with Crippen LogP contribution in [-0.2, 0) is 6.42 Å². The number of nitrogens with two attached hydrogens (primary N) is 1. The van der Waals surface area contributed by atoms with E-state index in [2.05, 4.69) is 37.8 Å². The van der Waals surface area contributed by atoms with Crippen LogP contribution in [0.3, 0.4) is 0 Å². The smallest absolute Gasteiger partial charge is 0.254 e. The second-order valence-electron chi connectivity index (χ2n) is 8.84. The number of halogens is 1. The number of nitrogens with zero attached hydrogens (tertiary/aromatic N) is 3. The lowest BCUT2D eigenvalue weighted by atomic mass is 9.92. The molecule has 1 fully saturated rings. The van der Waals surface area contributed by atoms with Gasteiger partial charge in [0.15, 0.2) is 0 Å². The van der Waals surface area contributed by atoms with E-state index >= 15 is 0 Å². The topological polar surface area (TPSA) is 85.2 Å². The van der Waals surface area contributed by atoms with Crippen molar-refractivity contribution < 1.29 is 9.32 Å². The summed E-state index contributed by atoms with van der Waals surface area (Å²) < 4.78 is 5.36. The Morgan fingerprint density at radius 3 is 2.57 bits per heavy atom. The highest BCUT2D eigenvalue weighted by atomic mass is 35.5. The summed E-state index contributed by atoms with van der Waals surface area (Å²) in [5, 5.41) is 4.07. The molecule has 6 nitrogen and oxygen atoms in total. The Morgan fingerprint density at radius 1 is 1.29 bits per heavy atom. The maximum Gasteiger partial charge on any atom is 0.254 e. The minimum absolute atomic E-state index is 0. The van der Waals surface area contributed by atoms with Crippen LogP contribution in [0.25, 0.3) is 11.4 Å². The van der Waals surface area contributed by atoms with Crippen LogP contribution < -0.4 is 5.73 Å². The average molecular weight is 407 g/mol. The van der Waals surface area contributed by atoms with Gasteiger partial charge in [0, 0.05) is 36.7 Å². The van der Waals surface area contributed by atoms with Crippen molar-refractivity contribution in [2.45, 2.75) is 53.0 Å². The molecule has 2 unspecified atom stereocenters. The Bertz CT molecular complexity index is 782. The molecule has 28 heavy (non-hydrogen) atoms. The van der Waals surface area contributed by atoms with Gasteiger partial charge in [0.25, 0.3) is 5.91 Å². The maximum absolute atomic E-state index is 12.9. The first-order chi connectivity index (χ1) is 12.8. The van der Waals surface area contributed by atoms with E-state index in [-0.39, 0.29) is 29.8 Å². The third-order valence-corrected chi connectivity index (χ3v) is 5.05. The zero-order valence-electron chi connectivity index (χ0n) is 17.1. The molecule has 1 amide bonds. The van der Waals surface area contributed by atoms with Crippen molar-refractivity contribution in [2.24, 2.45) is 17.1 Å². The predicted molar refractivity (Wildman–Crippen MR) is 112 cm³/mol. The molecule has 0 aliphatic carbocycles. The predicted octanol–water partition coefficient (Wildman–Crippen LogP) is 3.95. The number of piperidine rings is 1. The zero-order chi connectivity index (χ0) is 19.6. The van der Waals surface area contributed by atoms with Crippen LogP contribution in [0.5, 0.6) is 0 Å². The first-order valence-electron chi connectivity index (χ1n) is 9.71. The van der Waals surface area contributed by atoms with Gasteiger partial charge in [0.05, 0.1) is 0 Å². The van der Waals surface area contributed by atoms with Crippen molar-refractivity contribution in [3.05, 3.63) is 35.7 Å². The molecule has 7 heteroatoms. The molecule has 0 radical (unpaired) electrons. The van der Waals surface area contributed by atoms with E-state index in [1.54, 1.807) is 0 Å². The fraction of sp³-hybridized carbons (Fsp3) is 0.571. The Balaban J connectivity index is 0.00000280. The number of aromatic nitrogens is 2. The largest absolute Gasteiger partial charge is 0.339 e. The quantitative estimate of drug-likeness (QED) is 0.830. The Labute approximate surface area is 173 Å². The number of carbonyl (C=O) groups is 1. The Hall–Kier alpha value is -1.92. The SMILES string of the molecule is CC1CCN(C(=O)c2ccc(-c3noc(CC(C)(C)C)n3)cc2)C(CN)C1.Cl. The molecule has 2 atom stereocenters. The summed E-state index contributed by atoms with van der Waals surface area (Å²) in [5.41, 5.74) is 7.50. The molecule has 0 bridgehead atoms. The number of hydrogen-bond acceptors (Lipinski definition) is 5. The highest BCUT2D eigenvalue weighted by Crippen LogP contribution is 2.25. The highest BCUT2D eigenvalue weighted by Gasteiger charge is 2.29. The third-order valence-electron chi connectivity index (χ3n) is 5.05. The average Bonchev–Trinajstić information content (AvgIpc) is 3.07. The fourth-order valence-electron chi connectivity index (χ4n) is 3.57. The lowest BCUT2D eigenvalue weighted by Crippen LogP contribution is -2.49. The van der Waals surface area contributed by atoms with Crippen LogP contribution in [-0.4, -0.2) is 40.1 Å². The van der Waals surface area contributed by atoms with Gasteiger partial charge in [-0.2, -0.15) is 4.98 Å². The normalized spacial score (nSPS) is 20.0. The standard InChI is InChI=1S/C21H30N4O2.ClH/c1-14-9-10-25(17(11-14)13-22)20(26)16-7-5-15(6-8-16)19-23-18(27-24-19)12-21(2,3)4;/h5-8,14,17H,9-13,22H2,1-4H3;1H. The second kappa shape index (κ2) is 9.05. The monoisotopic (exact) mass is 406 g/mol. The maximum atomic E-state index is 12.9. The molecule has 1 aromatic carbocycles. The van der Waals surface area contributed by atoms with E-state index in [9.17, 15) is 4.79 Å². The summed E-state index contributed by atoms with van der Waals surface area (Å²) >= 11 is 0. The molecule has 154 valence electrons. The number of benzene rings is 1. The van der Waals surface area contributed by atoms with E-state index in [1.165, 1.54) is 0 Å². The number of hydrogen-bond donors (Lipinski definition) is 1. The van der Waals surface area contributed by atoms with E-state index in [4.69, 9.17) is 10.3 Å². The molecule has 1 aromatic heterocycles. The summed E-state index contributed by atoms with van der Waals surface area (Å²) in [5.74, 6) is 1.85. The molecular formula is C21H31ClN4O2. The zero-order valence-corrected chi connectivity index (χ0v) is 18.0. The summed E-state index contributed by atoms with van der Waals surface area (Å²) in [6.07, 6.45) is 2.73. The van der Waals surface area contributed by atoms with Gasteiger partial charge < -0.3 is 15.2 Å². The highest BCUT2D eigenvalue weighted by molar-refractivity contribution is 5.95. The van der Waals surface area contributed by atoms with E-state index in [0.717, 1.165) is 31.4 Å². The lowest BCUT2D eigenvalue weighted by Gasteiger charge is -2.38. The summed E-state index contributed by atoms with van der Waals surface area (Å²) in [7, 11) is 0. The van der Waals surface area contributed by atoms with Crippen molar-refractivity contribution in [3.8, 4) is 11.4 Å². The molecule has 2 aromatic rings. The van der Waals surface area contributed by atoms with Gasteiger partial charge in [-0.15, -0.1) is 12.4 Å². The Morgan fingerprint density at radius 2 is 1.96 bits per heavy atom. The van der Waals surface area contributed by atoms with E-state index in [1.807, 2.05) is 29.2 Å². The van der Waals surface area contributed by atoms with Gasteiger partial charge in [0.2, 0.25) is 11.7 Å². The van der Waals surface area contributed by atoms with Gasteiger partial charge in [-0.1, -0.05) is 45.0 Å². The van der Waals surface area contributed by atoms with Crippen LogP contribution in [0.4, 0.5) is 0 Å². The van der Waals surface area contributed by atoms with Crippen LogP contribution in [0.1, 0.15) is 56.8 Å². The lowest BCUT2D eigenvalue weighted by molar-refractivity contribution is 0.0573. The van der Waals surface area contributed by atoms with Crippen LogP contribution >= 0.6 is 12.4 Å². The molecule has 2 N–H and O–H groups in total. The van der Waals surface area contributed by atoms with Crippen LogP contribution in [0.15, 0.2) is 28.8 Å². The minimum Gasteiger partial charge on any atom is -0.339 e. The first kappa shape index (κ1) is 22.4. The second-order valence-corrected chi connectivity index (χ2v) is 8.84. The molecule has 0 spiro atoms. The molecule has 1 aliphatic heterocycles.